The van der Waals surface area contributed by atoms with Gasteiger partial charge in [0.2, 0.25) is 0 Å². The summed E-state index contributed by atoms with van der Waals surface area (Å²) in [5, 5.41) is 12.2. The van der Waals surface area contributed by atoms with E-state index in [1.165, 1.54) is 6.42 Å². The van der Waals surface area contributed by atoms with Crippen molar-refractivity contribution in [3.63, 3.8) is 0 Å². The minimum Gasteiger partial charge on any atom is -0.379 e. The number of nitrogens with one attached hydrogen (secondary N) is 1. The van der Waals surface area contributed by atoms with Crippen LogP contribution in [0, 0.1) is 11.8 Å². The average molecular weight is 143 g/mol. The molecular weight excluding hydrogens is 126 g/mol. The van der Waals surface area contributed by atoms with Crippen molar-refractivity contribution in [1.29, 1.82) is 0 Å². The molecule has 1 rings (SSSR count). The fourth-order valence-corrected chi connectivity index (χ4v) is 1.53. The second-order valence-electron chi connectivity index (χ2n) is 3.50. The van der Waals surface area contributed by atoms with Crippen LogP contribution in [0.25, 0.3) is 0 Å². The lowest BCUT2D eigenvalue weighted by Crippen LogP contribution is -2.39. The fourth-order valence-electron chi connectivity index (χ4n) is 1.53. The maximum atomic E-state index is 9.22. The summed E-state index contributed by atoms with van der Waals surface area (Å²) < 4.78 is 0. The molecule has 1 heterocycles. The first-order valence-electron chi connectivity index (χ1n) is 4.11. The summed E-state index contributed by atoms with van der Waals surface area (Å²) in [6, 6.07) is 0. The molecule has 10 heavy (non-hydrogen) atoms. The number of hydrogen-bond acceptors (Lipinski definition) is 2. The largest absolute Gasteiger partial charge is 0.379 e. The standard InChI is InChI=1S/C8H17NO/c1-6(2)7-3-4-9-8(10)5-7/h6-10H,3-5H2,1-2H3/t7-,8+/m1/s1. The molecule has 1 saturated heterocycles. The molecule has 0 saturated carbocycles. The Hall–Kier alpha value is -0.0800. The smallest absolute Gasteiger partial charge is 0.105 e. The predicted molar refractivity (Wildman–Crippen MR) is 41.6 cm³/mol. The third-order valence-electron chi connectivity index (χ3n) is 2.36. The highest BCUT2D eigenvalue weighted by Crippen LogP contribution is 2.22. The molecule has 1 fully saturated rings. The Kier molecular flexibility index (Phi) is 2.69. The zero-order chi connectivity index (χ0) is 7.56. The molecular formula is C8H17NO. The Labute approximate surface area is 62.6 Å². The molecule has 0 spiro atoms. The number of rotatable bonds is 1. The molecule has 2 atom stereocenters. The molecule has 0 aromatic heterocycles. The lowest BCUT2D eigenvalue weighted by Gasteiger charge is -2.29. The Bertz CT molecular complexity index is 103. The highest BCUT2D eigenvalue weighted by molar-refractivity contribution is 4.73. The highest BCUT2D eigenvalue weighted by Gasteiger charge is 2.21. The van der Waals surface area contributed by atoms with E-state index in [1.807, 2.05) is 0 Å². The molecule has 1 aliphatic heterocycles. The predicted octanol–water partition coefficient (Wildman–Crippen LogP) is 0.960. The number of hydrogen-bond donors (Lipinski definition) is 2. The van der Waals surface area contributed by atoms with Crippen molar-refractivity contribution < 1.29 is 5.11 Å². The van der Waals surface area contributed by atoms with Crippen molar-refractivity contribution in [3.05, 3.63) is 0 Å². The molecule has 0 aromatic carbocycles. The van der Waals surface area contributed by atoms with Gasteiger partial charge >= 0.3 is 0 Å². The van der Waals surface area contributed by atoms with Crippen molar-refractivity contribution in [2.45, 2.75) is 32.9 Å². The molecule has 0 aliphatic carbocycles. The van der Waals surface area contributed by atoms with Gasteiger partial charge < -0.3 is 5.11 Å². The van der Waals surface area contributed by atoms with Gasteiger partial charge in [-0.3, -0.25) is 5.32 Å². The second kappa shape index (κ2) is 3.35. The molecule has 60 valence electrons. The first kappa shape index (κ1) is 8.02. The van der Waals surface area contributed by atoms with Crippen molar-refractivity contribution in [2.24, 2.45) is 11.8 Å². The summed E-state index contributed by atoms with van der Waals surface area (Å²) in [5.74, 6) is 1.44. The number of piperidine rings is 1. The SMILES string of the molecule is CC(C)[C@@H]1CCN[C@@H](O)C1. The van der Waals surface area contributed by atoms with Gasteiger partial charge in [-0.15, -0.1) is 0 Å². The zero-order valence-corrected chi connectivity index (χ0v) is 6.80. The van der Waals surface area contributed by atoms with E-state index in [2.05, 4.69) is 19.2 Å². The van der Waals surface area contributed by atoms with Crippen molar-refractivity contribution >= 4 is 0 Å². The van der Waals surface area contributed by atoms with Gasteiger partial charge in [-0.2, -0.15) is 0 Å². The van der Waals surface area contributed by atoms with Gasteiger partial charge in [0.1, 0.15) is 6.23 Å². The van der Waals surface area contributed by atoms with Crippen LogP contribution in [0.3, 0.4) is 0 Å². The summed E-state index contributed by atoms with van der Waals surface area (Å²) in [6.45, 7) is 5.43. The quantitative estimate of drug-likeness (QED) is 0.573. The van der Waals surface area contributed by atoms with Crippen molar-refractivity contribution in [1.82, 2.24) is 5.32 Å². The molecule has 2 heteroatoms. The van der Waals surface area contributed by atoms with Gasteiger partial charge in [0, 0.05) is 0 Å². The van der Waals surface area contributed by atoms with Crippen LogP contribution in [0.2, 0.25) is 0 Å². The Balaban J connectivity index is 2.32. The summed E-state index contributed by atoms with van der Waals surface area (Å²) >= 11 is 0. The Morgan fingerprint density at radius 1 is 1.50 bits per heavy atom. The van der Waals surface area contributed by atoms with Crippen LogP contribution < -0.4 is 5.32 Å². The van der Waals surface area contributed by atoms with Crippen LogP contribution in [-0.2, 0) is 0 Å². The molecule has 2 nitrogen and oxygen atoms in total. The minimum atomic E-state index is -0.249. The van der Waals surface area contributed by atoms with Crippen LogP contribution in [-0.4, -0.2) is 17.9 Å². The van der Waals surface area contributed by atoms with Gasteiger partial charge in [0.15, 0.2) is 0 Å². The fraction of sp³-hybridized carbons (Fsp3) is 1.00. The third kappa shape index (κ3) is 1.96. The van der Waals surface area contributed by atoms with Crippen LogP contribution in [0.4, 0.5) is 0 Å². The van der Waals surface area contributed by atoms with E-state index in [-0.39, 0.29) is 6.23 Å². The first-order valence-corrected chi connectivity index (χ1v) is 4.11. The van der Waals surface area contributed by atoms with E-state index >= 15 is 0 Å². The first-order chi connectivity index (χ1) is 4.70. The summed E-state index contributed by atoms with van der Waals surface area (Å²) in [5.41, 5.74) is 0. The molecule has 0 radical (unpaired) electrons. The van der Waals surface area contributed by atoms with Gasteiger partial charge in [0.25, 0.3) is 0 Å². The van der Waals surface area contributed by atoms with Crippen LogP contribution in [0.5, 0.6) is 0 Å². The van der Waals surface area contributed by atoms with Crippen LogP contribution in [0.1, 0.15) is 26.7 Å². The normalized spacial score (nSPS) is 34.8. The van der Waals surface area contributed by atoms with E-state index in [0.29, 0.717) is 0 Å². The number of aliphatic hydroxyl groups excluding tert-OH is 1. The lowest BCUT2D eigenvalue weighted by molar-refractivity contribution is 0.0675. The topological polar surface area (TPSA) is 32.3 Å². The van der Waals surface area contributed by atoms with E-state index < -0.39 is 0 Å². The minimum absolute atomic E-state index is 0.249. The Morgan fingerprint density at radius 2 is 2.20 bits per heavy atom. The van der Waals surface area contributed by atoms with Crippen molar-refractivity contribution in [3.8, 4) is 0 Å². The Morgan fingerprint density at radius 3 is 2.60 bits per heavy atom. The number of aliphatic hydroxyl groups is 1. The summed E-state index contributed by atoms with van der Waals surface area (Å²) in [7, 11) is 0. The maximum Gasteiger partial charge on any atom is 0.105 e. The van der Waals surface area contributed by atoms with Crippen LogP contribution >= 0.6 is 0 Å². The maximum absolute atomic E-state index is 9.22. The van der Waals surface area contributed by atoms with Gasteiger partial charge in [0.05, 0.1) is 0 Å². The monoisotopic (exact) mass is 143 g/mol. The molecule has 0 aromatic rings. The third-order valence-corrected chi connectivity index (χ3v) is 2.36. The van der Waals surface area contributed by atoms with E-state index in [1.54, 1.807) is 0 Å². The highest BCUT2D eigenvalue weighted by atomic mass is 16.3. The molecule has 2 N–H and O–H groups in total. The van der Waals surface area contributed by atoms with E-state index in [9.17, 15) is 5.11 Å². The van der Waals surface area contributed by atoms with Gasteiger partial charge in [-0.05, 0) is 31.2 Å². The average Bonchev–Trinajstić information content (AvgIpc) is 1.88. The van der Waals surface area contributed by atoms with Gasteiger partial charge in [-0.25, -0.2) is 0 Å². The van der Waals surface area contributed by atoms with E-state index in [4.69, 9.17) is 0 Å². The second-order valence-corrected chi connectivity index (χ2v) is 3.50. The lowest BCUT2D eigenvalue weighted by atomic mass is 9.87. The summed E-state index contributed by atoms with van der Waals surface area (Å²) in [6.07, 6.45) is 1.90. The van der Waals surface area contributed by atoms with Crippen LogP contribution in [0.15, 0.2) is 0 Å². The molecule has 0 unspecified atom stereocenters. The molecule has 0 bridgehead atoms. The molecule has 0 amide bonds. The summed E-state index contributed by atoms with van der Waals surface area (Å²) in [4.78, 5) is 0. The van der Waals surface area contributed by atoms with Gasteiger partial charge in [-0.1, -0.05) is 13.8 Å². The van der Waals surface area contributed by atoms with Crippen molar-refractivity contribution in [2.75, 3.05) is 6.54 Å². The van der Waals surface area contributed by atoms with E-state index in [0.717, 1.165) is 24.8 Å². The zero-order valence-electron chi connectivity index (χ0n) is 6.80. The molecule has 1 aliphatic rings.